The van der Waals surface area contributed by atoms with Gasteiger partial charge in [-0.25, -0.2) is 4.79 Å². The summed E-state index contributed by atoms with van der Waals surface area (Å²) in [5, 5.41) is 10.7. The van der Waals surface area contributed by atoms with E-state index in [0.29, 0.717) is 10.7 Å². The number of thiophene rings is 1. The summed E-state index contributed by atoms with van der Waals surface area (Å²) in [7, 11) is 2.18. The van der Waals surface area contributed by atoms with E-state index in [9.17, 15) is 14.7 Å². The molecule has 1 aliphatic heterocycles. The Bertz CT molecular complexity index is 978. The van der Waals surface area contributed by atoms with Crippen LogP contribution in [0.25, 0.3) is 10.4 Å². The SMILES string of the molecule is C[NH+]1CCC(N(C(=O)C2(C)CCCCC2)c2cc(-c3ccc(Cl)cc3)sc2C(=O)O)CC1.[Cl-]. The van der Waals surface area contributed by atoms with E-state index < -0.39 is 11.4 Å². The van der Waals surface area contributed by atoms with Crippen molar-refractivity contribution in [2.75, 3.05) is 25.0 Å². The van der Waals surface area contributed by atoms with E-state index in [1.807, 2.05) is 35.2 Å². The first-order valence-electron chi connectivity index (χ1n) is 11.6. The number of hydrogen-bond acceptors (Lipinski definition) is 3. The van der Waals surface area contributed by atoms with Crippen LogP contribution in [0.1, 0.15) is 61.5 Å². The molecule has 1 saturated carbocycles. The van der Waals surface area contributed by atoms with Gasteiger partial charge in [0.1, 0.15) is 4.88 Å². The predicted molar refractivity (Wildman–Crippen MR) is 130 cm³/mol. The summed E-state index contributed by atoms with van der Waals surface area (Å²) in [5.41, 5.74) is 1.05. The topological polar surface area (TPSA) is 62.0 Å². The summed E-state index contributed by atoms with van der Waals surface area (Å²) in [6.45, 7) is 4.05. The first-order chi connectivity index (χ1) is 15.3. The van der Waals surface area contributed by atoms with E-state index >= 15 is 0 Å². The van der Waals surface area contributed by atoms with Crippen LogP contribution >= 0.6 is 22.9 Å². The first kappa shape index (κ1) is 26.0. The molecule has 5 nitrogen and oxygen atoms in total. The van der Waals surface area contributed by atoms with Crippen molar-refractivity contribution in [1.29, 1.82) is 0 Å². The number of nitrogens with zero attached hydrogens (tertiary/aromatic N) is 1. The van der Waals surface area contributed by atoms with E-state index in [2.05, 4.69) is 14.0 Å². The molecule has 2 heterocycles. The lowest BCUT2D eigenvalue weighted by atomic mass is 9.74. The van der Waals surface area contributed by atoms with Gasteiger partial charge in [0.05, 0.1) is 25.8 Å². The second-order valence-corrected chi connectivity index (χ2v) is 11.1. The number of carbonyl (C=O) groups excluding carboxylic acids is 1. The third-order valence-corrected chi connectivity index (χ3v) is 8.57. The zero-order valence-corrected chi connectivity index (χ0v) is 21.5. The molecule has 1 saturated heterocycles. The summed E-state index contributed by atoms with van der Waals surface area (Å²) in [6, 6.07) is 9.36. The van der Waals surface area contributed by atoms with E-state index in [1.165, 1.54) is 22.7 Å². The number of carboxylic acids is 1. The largest absolute Gasteiger partial charge is 1.00 e. The van der Waals surface area contributed by atoms with Crippen molar-refractivity contribution in [2.45, 2.75) is 57.9 Å². The molecule has 0 bridgehead atoms. The van der Waals surface area contributed by atoms with E-state index in [0.717, 1.165) is 62.1 Å². The van der Waals surface area contributed by atoms with Gasteiger partial charge >= 0.3 is 5.97 Å². The number of nitrogens with one attached hydrogen (secondary N) is 1. The number of amides is 1. The average Bonchev–Trinajstić information content (AvgIpc) is 3.21. The molecule has 2 fully saturated rings. The lowest BCUT2D eigenvalue weighted by Gasteiger charge is -2.42. The van der Waals surface area contributed by atoms with E-state index in [1.54, 1.807) is 0 Å². The minimum atomic E-state index is -0.977. The number of piperidine rings is 1. The summed E-state index contributed by atoms with van der Waals surface area (Å²) >= 11 is 7.29. The van der Waals surface area contributed by atoms with Crippen molar-refractivity contribution in [2.24, 2.45) is 5.41 Å². The van der Waals surface area contributed by atoms with Crippen LogP contribution in [0.4, 0.5) is 5.69 Å². The zero-order valence-electron chi connectivity index (χ0n) is 19.2. The maximum Gasteiger partial charge on any atom is 0.348 e. The Morgan fingerprint density at radius 3 is 2.30 bits per heavy atom. The number of halogens is 2. The van der Waals surface area contributed by atoms with E-state index in [4.69, 9.17) is 11.6 Å². The highest BCUT2D eigenvalue weighted by Gasteiger charge is 2.43. The van der Waals surface area contributed by atoms with Crippen molar-refractivity contribution in [3.63, 3.8) is 0 Å². The van der Waals surface area contributed by atoms with Crippen LogP contribution in [0.2, 0.25) is 5.02 Å². The van der Waals surface area contributed by atoms with Crippen LogP contribution in [0.3, 0.4) is 0 Å². The molecule has 0 unspecified atom stereocenters. The van der Waals surface area contributed by atoms with Crippen LogP contribution in [-0.4, -0.2) is 43.2 Å². The Hall–Kier alpha value is -1.60. The van der Waals surface area contributed by atoms with Gasteiger partial charge in [-0.05, 0) is 36.6 Å². The number of likely N-dealkylation sites (tertiary alicyclic amines) is 1. The maximum atomic E-state index is 14.1. The van der Waals surface area contributed by atoms with Crippen molar-refractivity contribution < 1.29 is 32.0 Å². The van der Waals surface area contributed by atoms with Gasteiger partial charge in [0, 0.05) is 34.2 Å². The number of carboxylic acid groups (broad SMARTS) is 1. The van der Waals surface area contributed by atoms with Gasteiger partial charge in [0.25, 0.3) is 0 Å². The third-order valence-electron chi connectivity index (χ3n) is 7.16. The molecule has 8 heteroatoms. The molecule has 0 spiro atoms. The number of carbonyl (C=O) groups is 2. The fraction of sp³-hybridized carbons (Fsp3) is 0.520. The smallest absolute Gasteiger partial charge is 0.348 e. The summed E-state index contributed by atoms with van der Waals surface area (Å²) in [4.78, 5) is 30.8. The molecular formula is C25H32Cl2N2O3S. The maximum absolute atomic E-state index is 14.1. The standard InChI is InChI=1S/C25H31ClN2O3S.ClH/c1-25(12-4-3-5-13-25)24(31)28(19-10-14-27(2)15-11-19)20-16-21(32-22(20)23(29)30)17-6-8-18(26)9-7-17;/h6-9,16,19H,3-5,10-15H2,1-2H3,(H,29,30);1H. The second kappa shape index (κ2) is 10.8. The molecule has 1 aromatic carbocycles. The molecular weight excluding hydrogens is 479 g/mol. The van der Waals surface area contributed by atoms with Gasteiger partial charge in [-0.1, -0.05) is 49.9 Å². The van der Waals surface area contributed by atoms with Crippen LogP contribution in [0.15, 0.2) is 30.3 Å². The molecule has 4 rings (SSSR count). The van der Waals surface area contributed by atoms with Crippen LogP contribution < -0.4 is 22.2 Å². The minimum Gasteiger partial charge on any atom is -1.00 e. The number of aromatic carboxylic acids is 1. The minimum absolute atomic E-state index is 0. The fourth-order valence-corrected chi connectivity index (χ4v) is 6.25. The highest BCUT2D eigenvalue weighted by atomic mass is 35.5. The lowest BCUT2D eigenvalue weighted by Crippen LogP contribution is -3.10. The van der Waals surface area contributed by atoms with Crippen molar-refractivity contribution in [3.05, 3.63) is 40.2 Å². The predicted octanol–water partition coefficient (Wildman–Crippen LogP) is 1.75. The van der Waals surface area contributed by atoms with Gasteiger partial charge in [0.2, 0.25) is 5.91 Å². The second-order valence-electron chi connectivity index (χ2n) is 9.62. The van der Waals surface area contributed by atoms with Crippen LogP contribution in [0.5, 0.6) is 0 Å². The van der Waals surface area contributed by atoms with Crippen LogP contribution in [-0.2, 0) is 4.79 Å². The average molecular weight is 512 g/mol. The number of hydrogen-bond donors (Lipinski definition) is 2. The van der Waals surface area contributed by atoms with E-state index in [-0.39, 0.29) is 29.2 Å². The normalized spacial score (nSPS) is 22.3. The van der Waals surface area contributed by atoms with Gasteiger partial charge in [-0.15, -0.1) is 11.3 Å². The van der Waals surface area contributed by atoms with Gasteiger partial charge < -0.3 is 27.3 Å². The molecule has 2 N–H and O–H groups in total. The molecule has 1 aromatic heterocycles. The zero-order chi connectivity index (χ0) is 22.9. The van der Waals surface area contributed by atoms with Crippen molar-refractivity contribution in [3.8, 4) is 10.4 Å². The Morgan fingerprint density at radius 2 is 1.73 bits per heavy atom. The fourth-order valence-electron chi connectivity index (χ4n) is 5.13. The van der Waals surface area contributed by atoms with Gasteiger partial charge in [-0.2, -0.15) is 0 Å². The molecule has 2 aliphatic rings. The lowest BCUT2D eigenvalue weighted by molar-refractivity contribution is -0.884. The highest BCUT2D eigenvalue weighted by Crippen LogP contribution is 2.43. The number of quaternary nitrogens is 1. The molecule has 180 valence electrons. The number of rotatable bonds is 5. The third kappa shape index (κ3) is 5.56. The molecule has 33 heavy (non-hydrogen) atoms. The van der Waals surface area contributed by atoms with Crippen LogP contribution in [0, 0.1) is 5.41 Å². The van der Waals surface area contributed by atoms with Gasteiger partial charge in [-0.3, -0.25) is 4.79 Å². The Balaban J connectivity index is 0.00000306. The first-order valence-corrected chi connectivity index (χ1v) is 12.8. The Morgan fingerprint density at radius 1 is 1.12 bits per heavy atom. The Kier molecular flexibility index (Phi) is 8.49. The quantitative estimate of drug-likeness (QED) is 0.643. The number of benzene rings is 1. The summed E-state index contributed by atoms with van der Waals surface area (Å²) < 4.78 is 0. The monoisotopic (exact) mass is 510 g/mol. The number of anilines is 1. The van der Waals surface area contributed by atoms with Crippen molar-refractivity contribution in [1.82, 2.24) is 0 Å². The Labute approximate surface area is 211 Å². The molecule has 2 aromatic rings. The van der Waals surface area contributed by atoms with Gasteiger partial charge in [0.15, 0.2) is 0 Å². The summed E-state index contributed by atoms with van der Waals surface area (Å²) in [6.07, 6.45) is 6.80. The molecule has 0 radical (unpaired) electrons. The molecule has 0 atom stereocenters. The molecule has 1 amide bonds. The van der Waals surface area contributed by atoms with Crippen molar-refractivity contribution >= 4 is 40.5 Å². The molecule has 1 aliphatic carbocycles. The summed E-state index contributed by atoms with van der Waals surface area (Å²) in [5.74, 6) is -0.875. The highest BCUT2D eigenvalue weighted by molar-refractivity contribution is 7.18.